The summed E-state index contributed by atoms with van der Waals surface area (Å²) < 4.78 is 10.9. The van der Waals surface area contributed by atoms with Gasteiger partial charge in [-0.15, -0.1) is 0 Å². The second kappa shape index (κ2) is 8.96. The van der Waals surface area contributed by atoms with Gasteiger partial charge in [0.15, 0.2) is 11.5 Å². The number of carbonyl (C=O) groups is 1. The summed E-state index contributed by atoms with van der Waals surface area (Å²) >= 11 is 6.28. The van der Waals surface area contributed by atoms with Crippen LogP contribution in [0.1, 0.15) is 36.9 Å². The van der Waals surface area contributed by atoms with Crippen molar-refractivity contribution in [2.45, 2.75) is 25.8 Å². The molecule has 1 amide bonds. The van der Waals surface area contributed by atoms with Crippen molar-refractivity contribution < 1.29 is 14.3 Å². The van der Waals surface area contributed by atoms with E-state index in [2.05, 4.69) is 12.1 Å². The standard InChI is InChI=1S/C22H24ClNO3/c1-3-27-20-15-16(14-18(23)22(20)26-2)11-12-21(25)24-13-7-10-19(24)17-8-5-4-6-9-17/h4-6,8-9,11-12,14-15,19H,3,7,10,13H2,1-2H3/b12-11+. The molecule has 1 fully saturated rings. The summed E-state index contributed by atoms with van der Waals surface area (Å²) in [5.41, 5.74) is 1.98. The quantitative estimate of drug-likeness (QED) is 0.647. The molecule has 1 heterocycles. The number of methoxy groups -OCH3 is 1. The Hall–Kier alpha value is -2.46. The van der Waals surface area contributed by atoms with Crippen molar-refractivity contribution in [1.82, 2.24) is 4.90 Å². The van der Waals surface area contributed by atoms with Crippen LogP contribution in [-0.2, 0) is 4.79 Å². The van der Waals surface area contributed by atoms with Crippen LogP contribution in [0, 0.1) is 0 Å². The Labute approximate surface area is 165 Å². The van der Waals surface area contributed by atoms with Crippen molar-refractivity contribution >= 4 is 23.6 Å². The summed E-state index contributed by atoms with van der Waals surface area (Å²) in [4.78, 5) is 14.7. The van der Waals surface area contributed by atoms with Gasteiger partial charge >= 0.3 is 0 Å². The van der Waals surface area contributed by atoms with Gasteiger partial charge in [-0.1, -0.05) is 41.9 Å². The lowest BCUT2D eigenvalue weighted by molar-refractivity contribution is -0.126. The molecule has 0 aromatic heterocycles. The lowest BCUT2D eigenvalue weighted by Gasteiger charge is -2.23. The summed E-state index contributed by atoms with van der Waals surface area (Å²) in [5, 5.41) is 0.457. The summed E-state index contributed by atoms with van der Waals surface area (Å²) in [5.74, 6) is 1.08. The monoisotopic (exact) mass is 385 g/mol. The molecule has 0 spiro atoms. The molecule has 3 rings (SSSR count). The number of hydrogen-bond acceptors (Lipinski definition) is 3. The fraction of sp³-hybridized carbons (Fsp3) is 0.318. The van der Waals surface area contributed by atoms with E-state index in [9.17, 15) is 4.79 Å². The molecular formula is C22H24ClNO3. The van der Waals surface area contributed by atoms with Gasteiger partial charge in [-0.05, 0) is 49.1 Å². The molecule has 142 valence electrons. The van der Waals surface area contributed by atoms with E-state index in [1.807, 2.05) is 36.1 Å². The van der Waals surface area contributed by atoms with Gasteiger partial charge in [-0.25, -0.2) is 0 Å². The van der Waals surface area contributed by atoms with Crippen LogP contribution in [0.3, 0.4) is 0 Å². The maximum Gasteiger partial charge on any atom is 0.247 e. The van der Waals surface area contributed by atoms with Gasteiger partial charge in [0.05, 0.1) is 24.8 Å². The molecule has 1 aliphatic rings. The molecule has 2 aromatic rings. The number of hydrogen-bond donors (Lipinski definition) is 0. The number of likely N-dealkylation sites (tertiary alicyclic amines) is 1. The van der Waals surface area contributed by atoms with E-state index in [1.165, 1.54) is 5.56 Å². The Kier molecular flexibility index (Phi) is 6.40. The highest BCUT2D eigenvalue weighted by atomic mass is 35.5. The zero-order chi connectivity index (χ0) is 19.2. The predicted molar refractivity (Wildman–Crippen MR) is 108 cm³/mol. The molecule has 5 heteroatoms. The number of amides is 1. The zero-order valence-corrected chi connectivity index (χ0v) is 16.4. The fourth-order valence-corrected chi connectivity index (χ4v) is 3.76. The first-order chi connectivity index (χ1) is 13.1. The predicted octanol–water partition coefficient (Wildman–Crippen LogP) is 5.12. The van der Waals surface area contributed by atoms with Crippen LogP contribution in [0.5, 0.6) is 11.5 Å². The molecule has 0 radical (unpaired) electrons. The first-order valence-corrected chi connectivity index (χ1v) is 9.55. The summed E-state index contributed by atoms with van der Waals surface area (Å²) in [6.45, 7) is 3.18. The van der Waals surface area contributed by atoms with Crippen LogP contribution < -0.4 is 9.47 Å². The van der Waals surface area contributed by atoms with Crippen LogP contribution in [0.2, 0.25) is 5.02 Å². The highest BCUT2D eigenvalue weighted by Crippen LogP contribution is 2.37. The Morgan fingerprint density at radius 1 is 1.30 bits per heavy atom. The summed E-state index contributed by atoms with van der Waals surface area (Å²) in [6.07, 6.45) is 5.39. The number of nitrogens with zero attached hydrogens (tertiary/aromatic N) is 1. The molecular weight excluding hydrogens is 362 g/mol. The van der Waals surface area contributed by atoms with Gasteiger partial charge in [0.1, 0.15) is 0 Å². The van der Waals surface area contributed by atoms with Gasteiger partial charge in [0.25, 0.3) is 0 Å². The van der Waals surface area contributed by atoms with Crippen LogP contribution in [0.15, 0.2) is 48.5 Å². The van der Waals surface area contributed by atoms with E-state index in [0.717, 1.165) is 24.9 Å². The molecule has 0 saturated carbocycles. The second-order valence-corrected chi connectivity index (χ2v) is 6.81. The minimum atomic E-state index is 0.00579. The molecule has 1 aliphatic heterocycles. The SMILES string of the molecule is CCOc1cc(/C=C/C(=O)N2CCCC2c2ccccc2)cc(Cl)c1OC. The molecule has 1 atom stereocenters. The molecule has 27 heavy (non-hydrogen) atoms. The summed E-state index contributed by atoms with van der Waals surface area (Å²) in [6, 6.07) is 13.9. The number of carbonyl (C=O) groups excluding carboxylic acids is 1. The van der Waals surface area contributed by atoms with E-state index in [-0.39, 0.29) is 11.9 Å². The van der Waals surface area contributed by atoms with E-state index in [4.69, 9.17) is 21.1 Å². The van der Waals surface area contributed by atoms with Crippen molar-refractivity contribution in [2.24, 2.45) is 0 Å². The average molecular weight is 386 g/mol. The highest BCUT2D eigenvalue weighted by Gasteiger charge is 2.28. The number of rotatable bonds is 6. The Morgan fingerprint density at radius 2 is 2.07 bits per heavy atom. The van der Waals surface area contributed by atoms with Gasteiger partial charge < -0.3 is 14.4 Å². The Morgan fingerprint density at radius 3 is 2.78 bits per heavy atom. The van der Waals surface area contributed by atoms with Crippen molar-refractivity contribution in [3.05, 3.63) is 64.7 Å². The van der Waals surface area contributed by atoms with E-state index in [1.54, 1.807) is 25.3 Å². The lowest BCUT2D eigenvalue weighted by Crippen LogP contribution is -2.28. The van der Waals surface area contributed by atoms with Crippen molar-refractivity contribution in [1.29, 1.82) is 0 Å². The van der Waals surface area contributed by atoms with Gasteiger partial charge in [-0.3, -0.25) is 4.79 Å². The Bertz CT molecular complexity index is 820. The first kappa shape index (κ1) is 19.3. The van der Waals surface area contributed by atoms with Crippen LogP contribution in [-0.4, -0.2) is 31.1 Å². The molecule has 0 bridgehead atoms. The van der Waals surface area contributed by atoms with E-state index < -0.39 is 0 Å². The van der Waals surface area contributed by atoms with Gasteiger partial charge in [0, 0.05) is 12.6 Å². The normalized spacial score (nSPS) is 16.7. The average Bonchev–Trinajstić information content (AvgIpc) is 3.17. The third-order valence-corrected chi connectivity index (χ3v) is 4.96. The lowest BCUT2D eigenvalue weighted by atomic mass is 10.0. The topological polar surface area (TPSA) is 38.8 Å². The molecule has 2 aromatic carbocycles. The molecule has 0 N–H and O–H groups in total. The van der Waals surface area contributed by atoms with E-state index >= 15 is 0 Å². The minimum Gasteiger partial charge on any atom is -0.491 e. The second-order valence-electron chi connectivity index (χ2n) is 6.40. The molecule has 0 aliphatic carbocycles. The minimum absolute atomic E-state index is 0.00579. The van der Waals surface area contributed by atoms with Crippen LogP contribution in [0.4, 0.5) is 0 Å². The number of ether oxygens (including phenoxy) is 2. The Balaban J connectivity index is 1.78. The fourth-order valence-electron chi connectivity index (χ4n) is 3.46. The molecule has 4 nitrogen and oxygen atoms in total. The number of halogens is 1. The van der Waals surface area contributed by atoms with Crippen LogP contribution in [0.25, 0.3) is 6.08 Å². The van der Waals surface area contributed by atoms with Crippen molar-refractivity contribution in [3.8, 4) is 11.5 Å². The zero-order valence-electron chi connectivity index (χ0n) is 15.7. The van der Waals surface area contributed by atoms with Crippen molar-refractivity contribution in [3.63, 3.8) is 0 Å². The molecule has 1 saturated heterocycles. The first-order valence-electron chi connectivity index (χ1n) is 9.18. The third kappa shape index (κ3) is 4.45. The van der Waals surface area contributed by atoms with Gasteiger partial charge in [0.2, 0.25) is 5.91 Å². The highest BCUT2D eigenvalue weighted by molar-refractivity contribution is 6.32. The number of benzene rings is 2. The maximum atomic E-state index is 12.8. The van der Waals surface area contributed by atoms with E-state index in [0.29, 0.717) is 23.1 Å². The maximum absolute atomic E-state index is 12.8. The largest absolute Gasteiger partial charge is 0.491 e. The van der Waals surface area contributed by atoms with Gasteiger partial charge in [-0.2, -0.15) is 0 Å². The third-order valence-electron chi connectivity index (χ3n) is 4.67. The molecule has 1 unspecified atom stereocenters. The summed E-state index contributed by atoms with van der Waals surface area (Å²) in [7, 11) is 1.56. The van der Waals surface area contributed by atoms with Crippen LogP contribution >= 0.6 is 11.6 Å². The smallest absolute Gasteiger partial charge is 0.247 e. The van der Waals surface area contributed by atoms with Crippen molar-refractivity contribution in [2.75, 3.05) is 20.3 Å².